The van der Waals surface area contributed by atoms with Crippen molar-refractivity contribution in [2.75, 3.05) is 12.4 Å². The minimum Gasteiger partial charge on any atom is -0.495 e. The van der Waals surface area contributed by atoms with E-state index in [1.165, 1.54) is 22.7 Å². The standard InChI is InChI=1S/C10H12N4OS/c1-6-4-8(9(15-3)5-7(6)2)11-10-12-13-14-16-10/h4-5H,1-3H3,(H,11,12,14). The van der Waals surface area contributed by atoms with Crippen molar-refractivity contribution in [2.45, 2.75) is 13.8 Å². The fourth-order valence-electron chi connectivity index (χ4n) is 1.35. The molecule has 1 heterocycles. The molecule has 2 rings (SSSR count). The summed E-state index contributed by atoms with van der Waals surface area (Å²) in [6.45, 7) is 4.10. The second-order valence-corrected chi connectivity index (χ2v) is 4.16. The van der Waals surface area contributed by atoms with Crippen molar-refractivity contribution < 1.29 is 4.74 Å². The van der Waals surface area contributed by atoms with Crippen LogP contribution in [0, 0.1) is 13.8 Å². The molecule has 0 unspecified atom stereocenters. The average molecular weight is 236 g/mol. The molecular weight excluding hydrogens is 224 g/mol. The first-order valence-corrected chi connectivity index (χ1v) is 5.55. The quantitative estimate of drug-likeness (QED) is 0.886. The van der Waals surface area contributed by atoms with Crippen LogP contribution in [0.1, 0.15) is 11.1 Å². The van der Waals surface area contributed by atoms with Gasteiger partial charge in [-0.05, 0) is 42.3 Å². The Morgan fingerprint density at radius 2 is 2.00 bits per heavy atom. The number of rotatable bonds is 3. The molecule has 0 aliphatic rings. The molecule has 0 radical (unpaired) electrons. The average Bonchev–Trinajstić information content (AvgIpc) is 2.76. The summed E-state index contributed by atoms with van der Waals surface area (Å²) in [5, 5.41) is 11.1. The van der Waals surface area contributed by atoms with E-state index in [2.05, 4.69) is 27.0 Å². The summed E-state index contributed by atoms with van der Waals surface area (Å²) in [6, 6.07) is 4.02. The summed E-state index contributed by atoms with van der Waals surface area (Å²) in [5.74, 6) is 0.790. The fourth-order valence-corrected chi connectivity index (χ4v) is 1.73. The van der Waals surface area contributed by atoms with Gasteiger partial charge in [-0.1, -0.05) is 9.59 Å². The van der Waals surface area contributed by atoms with Gasteiger partial charge >= 0.3 is 0 Å². The molecule has 1 N–H and O–H groups in total. The Labute approximate surface area is 97.6 Å². The van der Waals surface area contributed by atoms with Crippen LogP contribution < -0.4 is 10.1 Å². The van der Waals surface area contributed by atoms with E-state index < -0.39 is 0 Å². The lowest BCUT2D eigenvalue weighted by Crippen LogP contribution is -1.96. The van der Waals surface area contributed by atoms with Gasteiger partial charge < -0.3 is 10.1 Å². The number of benzene rings is 1. The summed E-state index contributed by atoms with van der Waals surface area (Å²) in [6.07, 6.45) is 0. The first-order chi connectivity index (χ1) is 7.70. The molecule has 0 aliphatic heterocycles. The van der Waals surface area contributed by atoms with Crippen LogP contribution in [0.2, 0.25) is 0 Å². The van der Waals surface area contributed by atoms with E-state index in [0.29, 0.717) is 5.13 Å². The molecule has 1 aromatic carbocycles. The van der Waals surface area contributed by atoms with Crippen LogP contribution in [0.15, 0.2) is 12.1 Å². The Hall–Kier alpha value is -1.69. The van der Waals surface area contributed by atoms with Crippen LogP contribution in [0.25, 0.3) is 0 Å². The highest BCUT2D eigenvalue weighted by Gasteiger charge is 2.07. The topological polar surface area (TPSA) is 59.9 Å². The maximum Gasteiger partial charge on any atom is 0.229 e. The molecule has 0 amide bonds. The Morgan fingerprint density at radius 3 is 2.62 bits per heavy atom. The van der Waals surface area contributed by atoms with E-state index >= 15 is 0 Å². The smallest absolute Gasteiger partial charge is 0.229 e. The third kappa shape index (κ3) is 2.11. The Balaban J connectivity index is 2.36. The number of anilines is 2. The maximum absolute atomic E-state index is 5.30. The van der Waals surface area contributed by atoms with Gasteiger partial charge in [-0.25, -0.2) is 0 Å². The summed E-state index contributed by atoms with van der Waals surface area (Å²) in [5.41, 5.74) is 3.27. The first kappa shape index (κ1) is 10.8. The lowest BCUT2D eigenvalue weighted by Gasteiger charge is -2.11. The van der Waals surface area contributed by atoms with Crippen LogP contribution >= 0.6 is 11.5 Å². The van der Waals surface area contributed by atoms with E-state index in [0.717, 1.165) is 11.4 Å². The minimum absolute atomic E-state index is 0.654. The molecule has 0 fully saturated rings. The van der Waals surface area contributed by atoms with E-state index in [1.54, 1.807) is 7.11 Å². The number of hydrogen-bond acceptors (Lipinski definition) is 6. The van der Waals surface area contributed by atoms with E-state index in [9.17, 15) is 0 Å². The second kappa shape index (κ2) is 4.44. The predicted octanol–water partition coefficient (Wildman–Crippen LogP) is 2.30. The van der Waals surface area contributed by atoms with Crippen LogP contribution in [-0.4, -0.2) is 21.9 Å². The third-order valence-corrected chi connectivity index (χ3v) is 2.87. The van der Waals surface area contributed by atoms with Crippen molar-refractivity contribution in [1.29, 1.82) is 0 Å². The van der Waals surface area contributed by atoms with Crippen LogP contribution in [0.5, 0.6) is 5.75 Å². The van der Waals surface area contributed by atoms with Gasteiger partial charge in [0, 0.05) is 11.5 Å². The first-order valence-electron chi connectivity index (χ1n) is 4.78. The summed E-state index contributed by atoms with van der Waals surface area (Å²) >= 11 is 1.21. The largest absolute Gasteiger partial charge is 0.495 e. The second-order valence-electron chi connectivity index (χ2n) is 3.43. The fraction of sp³-hybridized carbons (Fsp3) is 0.300. The molecule has 5 nitrogen and oxygen atoms in total. The van der Waals surface area contributed by atoms with E-state index in [1.807, 2.05) is 19.1 Å². The van der Waals surface area contributed by atoms with Crippen molar-refractivity contribution in [3.63, 3.8) is 0 Å². The molecule has 0 saturated heterocycles. The van der Waals surface area contributed by atoms with Gasteiger partial charge in [-0.3, -0.25) is 0 Å². The number of hydrogen-bond donors (Lipinski definition) is 1. The molecule has 84 valence electrons. The van der Waals surface area contributed by atoms with Crippen molar-refractivity contribution in [3.8, 4) is 5.75 Å². The zero-order valence-electron chi connectivity index (χ0n) is 9.31. The monoisotopic (exact) mass is 236 g/mol. The van der Waals surface area contributed by atoms with Gasteiger partial charge in [0.1, 0.15) is 5.75 Å². The lowest BCUT2D eigenvalue weighted by atomic mass is 10.1. The summed E-state index contributed by atoms with van der Waals surface area (Å²) < 4.78 is 8.99. The Bertz CT molecular complexity index is 484. The van der Waals surface area contributed by atoms with Crippen molar-refractivity contribution in [1.82, 2.24) is 14.8 Å². The molecule has 0 saturated carbocycles. The van der Waals surface area contributed by atoms with Crippen LogP contribution in [0.4, 0.5) is 10.8 Å². The number of methoxy groups -OCH3 is 1. The Kier molecular flexibility index (Phi) is 3.00. The Morgan fingerprint density at radius 1 is 1.25 bits per heavy atom. The maximum atomic E-state index is 5.30. The number of ether oxygens (including phenoxy) is 1. The van der Waals surface area contributed by atoms with Crippen molar-refractivity contribution in [3.05, 3.63) is 23.3 Å². The van der Waals surface area contributed by atoms with Gasteiger partial charge in [-0.15, -0.1) is 0 Å². The van der Waals surface area contributed by atoms with Crippen LogP contribution in [0.3, 0.4) is 0 Å². The number of nitrogens with zero attached hydrogens (tertiary/aromatic N) is 3. The normalized spacial score (nSPS) is 10.2. The molecule has 16 heavy (non-hydrogen) atoms. The van der Waals surface area contributed by atoms with E-state index in [4.69, 9.17) is 4.74 Å². The SMILES string of the molecule is COc1cc(C)c(C)cc1Nc1nnns1. The highest BCUT2D eigenvalue weighted by Crippen LogP contribution is 2.30. The van der Waals surface area contributed by atoms with E-state index in [-0.39, 0.29) is 0 Å². The zero-order valence-corrected chi connectivity index (χ0v) is 10.1. The van der Waals surface area contributed by atoms with Gasteiger partial charge in [0.2, 0.25) is 5.13 Å². The molecule has 0 spiro atoms. The molecule has 1 aromatic heterocycles. The third-order valence-electron chi connectivity index (χ3n) is 2.36. The highest BCUT2D eigenvalue weighted by molar-refractivity contribution is 7.09. The molecule has 6 heteroatoms. The molecule has 0 bridgehead atoms. The van der Waals surface area contributed by atoms with Gasteiger partial charge in [0.05, 0.1) is 12.8 Å². The van der Waals surface area contributed by atoms with Gasteiger partial charge in [-0.2, -0.15) is 0 Å². The highest BCUT2D eigenvalue weighted by atomic mass is 32.1. The molecule has 2 aromatic rings. The van der Waals surface area contributed by atoms with Gasteiger partial charge in [0.15, 0.2) is 0 Å². The minimum atomic E-state index is 0.654. The summed E-state index contributed by atoms with van der Waals surface area (Å²) in [4.78, 5) is 0. The zero-order chi connectivity index (χ0) is 11.5. The molecule has 0 aliphatic carbocycles. The van der Waals surface area contributed by atoms with Gasteiger partial charge in [0.25, 0.3) is 0 Å². The van der Waals surface area contributed by atoms with Crippen molar-refractivity contribution >= 4 is 22.4 Å². The number of aromatic nitrogens is 3. The summed E-state index contributed by atoms with van der Waals surface area (Å²) in [7, 11) is 1.65. The lowest BCUT2D eigenvalue weighted by molar-refractivity contribution is 0.416. The predicted molar refractivity (Wildman–Crippen MR) is 63.5 cm³/mol. The van der Waals surface area contributed by atoms with Crippen molar-refractivity contribution in [2.24, 2.45) is 0 Å². The van der Waals surface area contributed by atoms with Crippen LogP contribution in [-0.2, 0) is 0 Å². The molecule has 0 atom stereocenters. The molecular formula is C10H12N4OS. The number of aryl methyl sites for hydroxylation is 2. The number of nitrogens with one attached hydrogen (secondary N) is 1.